The Morgan fingerprint density at radius 2 is 2.13 bits per heavy atom. The highest BCUT2D eigenvalue weighted by atomic mass is 16.1. The Kier molecular flexibility index (Phi) is 2.86. The van der Waals surface area contributed by atoms with Gasteiger partial charge in [0, 0.05) is 23.0 Å². The van der Waals surface area contributed by atoms with Crippen LogP contribution in [0.3, 0.4) is 0 Å². The Morgan fingerprint density at radius 1 is 1.33 bits per heavy atom. The molecule has 0 unspecified atom stereocenters. The maximum absolute atomic E-state index is 10.3. The van der Waals surface area contributed by atoms with E-state index in [2.05, 4.69) is 30.1 Å². The molecular weight excluding hydrogens is 186 g/mol. The third kappa shape index (κ3) is 1.94. The maximum Gasteiger partial charge on any atom is 0.120 e. The van der Waals surface area contributed by atoms with E-state index in [1.165, 1.54) is 22.2 Å². The fraction of sp³-hybridized carbons (Fsp3) is 0.308. The molecule has 1 heterocycles. The average molecular weight is 201 g/mol. The molecule has 0 spiro atoms. The van der Waals surface area contributed by atoms with Gasteiger partial charge in [-0.2, -0.15) is 0 Å². The summed E-state index contributed by atoms with van der Waals surface area (Å²) in [4.78, 5) is 13.6. The molecule has 0 aliphatic carbocycles. The number of nitrogens with one attached hydrogen (secondary N) is 1. The lowest BCUT2D eigenvalue weighted by molar-refractivity contribution is -0.107. The first kappa shape index (κ1) is 9.97. The van der Waals surface area contributed by atoms with Crippen LogP contribution in [0.1, 0.15) is 24.1 Å². The number of aldehydes is 1. The van der Waals surface area contributed by atoms with Gasteiger partial charge in [-0.15, -0.1) is 0 Å². The molecule has 1 N–H and O–H groups in total. The number of aryl methyl sites for hydroxylation is 2. The van der Waals surface area contributed by atoms with Crippen LogP contribution in [0, 0.1) is 6.92 Å². The number of benzene rings is 1. The van der Waals surface area contributed by atoms with Crippen LogP contribution in [0.25, 0.3) is 10.9 Å². The zero-order valence-corrected chi connectivity index (χ0v) is 8.92. The molecule has 2 nitrogen and oxygen atoms in total. The van der Waals surface area contributed by atoms with Gasteiger partial charge in [0.25, 0.3) is 0 Å². The number of carbonyl (C=O) groups excluding carboxylic acids is 1. The van der Waals surface area contributed by atoms with Crippen molar-refractivity contribution >= 4 is 17.2 Å². The summed E-state index contributed by atoms with van der Waals surface area (Å²) in [6.45, 7) is 2.09. The number of hydrogen-bond donors (Lipinski definition) is 1. The van der Waals surface area contributed by atoms with E-state index in [0.717, 1.165) is 19.1 Å². The summed E-state index contributed by atoms with van der Waals surface area (Å²) in [5.74, 6) is 0. The number of unbranched alkanes of at least 4 members (excludes halogenated alkanes) is 1. The van der Waals surface area contributed by atoms with Crippen molar-refractivity contribution in [1.82, 2.24) is 4.98 Å². The van der Waals surface area contributed by atoms with Gasteiger partial charge in [-0.05, 0) is 31.4 Å². The first-order chi connectivity index (χ1) is 7.33. The summed E-state index contributed by atoms with van der Waals surface area (Å²) in [6, 6.07) is 8.31. The number of rotatable bonds is 4. The van der Waals surface area contributed by atoms with Crippen LogP contribution in [0.4, 0.5) is 0 Å². The Morgan fingerprint density at radius 3 is 2.93 bits per heavy atom. The summed E-state index contributed by atoms with van der Waals surface area (Å²) in [5, 5.41) is 1.29. The molecule has 0 aliphatic rings. The molecule has 0 saturated carbocycles. The zero-order valence-electron chi connectivity index (χ0n) is 8.92. The number of hydrogen-bond acceptors (Lipinski definition) is 1. The van der Waals surface area contributed by atoms with E-state index in [0.29, 0.717) is 6.42 Å². The van der Waals surface area contributed by atoms with Crippen LogP contribution in [0.2, 0.25) is 0 Å². The van der Waals surface area contributed by atoms with Gasteiger partial charge in [0.15, 0.2) is 0 Å². The summed E-state index contributed by atoms with van der Waals surface area (Å²) in [7, 11) is 0. The van der Waals surface area contributed by atoms with Crippen molar-refractivity contribution < 1.29 is 4.79 Å². The lowest BCUT2D eigenvalue weighted by Gasteiger charge is -1.98. The van der Waals surface area contributed by atoms with E-state index in [1.807, 2.05) is 6.07 Å². The predicted octanol–water partition coefficient (Wildman–Crippen LogP) is 3.00. The Labute approximate surface area is 89.3 Å². The van der Waals surface area contributed by atoms with Crippen molar-refractivity contribution in [1.29, 1.82) is 0 Å². The lowest BCUT2D eigenvalue weighted by atomic mass is 10.1. The Balaban J connectivity index is 2.32. The van der Waals surface area contributed by atoms with E-state index in [9.17, 15) is 4.79 Å². The zero-order chi connectivity index (χ0) is 10.7. The molecule has 2 rings (SSSR count). The molecule has 0 fully saturated rings. The van der Waals surface area contributed by atoms with Gasteiger partial charge in [0.2, 0.25) is 0 Å². The van der Waals surface area contributed by atoms with E-state index in [4.69, 9.17) is 0 Å². The third-order valence-electron chi connectivity index (χ3n) is 2.78. The van der Waals surface area contributed by atoms with Gasteiger partial charge >= 0.3 is 0 Å². The minimum absolute atomic E-state index is 0.652. The highest BCUT2D eigenvalue weighted by Crippen LogP contribution is 2.23. The van der Waals surface area contributed by atoms with Crippen LogP contribution in [0.15, 0.2) is 24.3 Å². The van der Waals surface area contributed by atoms with Gasteiger partial charge in [-0.3, -0.25) is 0 Å². The highest BCUT2D eigenvalue weighted by molar-refractivity contribution is 5.84. The van der Waals surface area contributed by atoms with E-state index in [-0.39, 0.29) is 0 Å². The molecule has 2 aromatic rings. The van der Waals surface area contributed by atoms with Crippen LogP contribution >= 0.6 is 0 Å². The second kappa shape index (κ2) is 4.30. The molecule has 0 amide bonds. The molecule has 0 bridgehead atoms. The van der Waals surface area contributed by atoms with Crippen molar-refractivity contribution in [2.24, 2.45) is 0 Å². The molecular formula is C13H15NO. The fourth-order valence-corrected chi connectivity index (χ4v) is 2.02. The predicted molar refractivity (Wildman–Crippen MR) is 62.0 cm³/mol. The summed E-state index contributed by atoms with van der Waals surface area (Å²) < 4.78 is 0. The maximum atomic E-state index is 10.3. The van der Waals surface area contributed by atoms with E-state index >= 15 is 0 Å². The normalized spacial score (nSPS) is 10.7. The second-order valence-corrected chi connectivity index (χ2v) is 3.83. The van der Waals surface area contributed by atoms with Crippen LogP contribution in [-0.2, 0) is 11.2 Å². The first-order valence-corrected chi connectivity index (χ1v) is 5.32. The molecule has 0 radical (unpaired) electrons. The lowest BCUT2D eigenvalue weighted by Crippen LogP contribution is -1.87. The van der Waals surface area contributed by atoms with E-state index in [1.54, 1.807) is 0 Å². The monoisotopic (exact) mass is 201 g/mol. The molecule has 1 aromatic heterocycles. The van der Waals surface area contributed by atoms with Gasteiger partial charge in [-0.1, -0.05) is 18.2 Å². The number of para-hydroxylation sites is 1. The fourth-order valence-electron chi connectivity index (χ4n) is 2.02. The molecule has 0 atom stereocenters. The van der Waals surface area contributed by atoms with Crippen LogP contribution in [0.5, 0.6) is 0 Å². The van der Waals surface area contributed by atoms with Gasteiger partial charge < -0.3 is 9.78 Å². The number of fused-ring (bicyclic) bond motifs is 1. The number of aromatic nitrogens is 1. The molecule has 2 heteroatoms. The standard InChI is InChI=1S/C13H15NO/c1-10-11(6-4-5-9-15)12-7-2-3-8-13(12)14-10/h2-3,7-9,14H,4-6H2,1H3. The van der Waals surface area contributed by atoms with Crippen molar-refractivity contribution in [3.8, 4) is 0 Å². The SMILES string of the molecule is Cc1[nH]c2ccccc2c1CCCC=O. The van der Waals surface area contributed by atoms with Crippen molar-refractivity contribution in [2.45, 2.75) is 26.2 Å². The van der Waals surface area contributed by atoms with Gasteiger partial charge in [0.05, 0.1) is 0 Å². The summed E-state index contributed by atoms with van der Waals surface area (Å²) in [6.07, 6.45) is 3.56. The Bertz CT molecular complexity index is 470. The molecule has 15 heavy (non-hydrogen) atoms. The molecule has 0 aliphatic heterocycles. The second-order valence-electron chi connectivity index (χ2n) is 3.83. The molecule has 1 aromatic carbocycles. The third-order valence-corrected chi connectivity index (χ3v) is 2.78. The topological polar surface area (TPSA) is 32.9 Å². The van der Waals surface area contributed by atoms with Crippen molar-refractivity contribution in [3.05, 3.63) is 35.5 Å². The quantitative estimate of drug-likeness (QED) is 0.598. The molecule has 0 saturated heterocycles. The minimum atomic E-state index is 0.652. The van der Waals surface area contributed by atoms with Crippen molar-refractivity contribution in [3.63, 3.8) is 0 Å². The smallest absolute Gasteiger partial charge is 0.120 e. The number of carbonyl (C=O) groups is 1. The average Bonchev–Trinajstić information content (AvgIpc) is 2.56. The Hall–Kier alpha value is -1.57. The van der Waals surface area contributed by atoms with Gasteiger partial charge in [0.1, 0.15) is 6.29 Å². The largest absolute Gasteiger partial charge is 0.358 e. The first-order valence-electron chi connectivity index (χ1n) is 5.32. The highest BCUT2D eigenvalue weighted by Gasteiger charge is 2.06. The van der Waals surface area contributed by atoms with Crippen molar-refractivity contribution in [2.75, 3.05) is 0 Å². The minimum Gasteiger partial charge on any atom is -0.358 e. The number of H-pyrrole nitrogens is 1. The van der Waals surface area contributed by atoms with Crippen LogP contribution in [-0.4, -0.2) is 11.3 Å². The summed E-state index contributed by atoms with van der Waals surface area (Å²) in [5.41, 5.74) is 3.77. The van der Waals surface area contributed by atoms with Crippen LogP contribution < -0.4 is 0 Å². The van der Waals surface area contributed by atoms with E-state index < -0.39 is 0 Å². The number of aromatic amines is 1. The summed E-state index contributed by atoms with van der Waals surface area (Å²) >= 11 is 0. The molecule has 78 valence electrons. The van der Waals surface area contributed by atoms with Gasteiger partial charge in [-0.25, -0.2) is 0 Å².